The lowest BCUT2D eigenvalue weighted by molar-refractivity contribution is -0.130. The van der Waals surface area contributed by atoms with Crippen molar-refractivity contribution in [3.05, 3.63) is 12.2 Å². The SMILES string of the molecule is CCCCCCCCCCCC/C=C/C(O)C(CS(=O)(=O)O)NC(=O)C(O)CCCCCCCCCCCCCCCC. The number of hydrogen-bond donors (Lipinski definition) is 4. The van der Waals surface area contributed by atoms with Crippen LogP contribution < -0.4 is 5.32 Å². The molecule has 0 aromatic rings. The van der Waals surface area contributed by atoms with E-state index in [1.807, 2.05) is 0 Å². The van der Waals surface area contributed by atoms with Gasteiger partial charge in [-0.05, 0) is 19.3 Å². The van der Waals surface area contributed by atoms with Crippen LogP contribution in [-0.2, 0) is 14.9 Å². The lowest BCUT2D eigenvalue weighted by Gasteiger charge is -2.22. The molecule has 0 spiro atoms. The maximum Gasteiger partial charge on any atom is 0.267 e. The first-order valence-corrected chi connectivity index (χ1v) is 19.6. The molecule has 0 rings (SSSR count). The highest BCUT2D eigenvalue weighted by Gasteiger charge is 2.27. The molecule has 256 valence electrons. The van der Waals surface area contributed by atoms with E-state index in [-0.39, 0.29) is 6.42 Å². The van der Waals surface area contributed by atoms with Gasteiger partial charge in [-0.3, -0.25) is 9.35 Å². The van der Waals surface area contributed by atoms with Crippen molar-refractivity contribution < 1.29 is 28.0 Å². The molecule has 0 aromatic heterocycles. The fourth-order valence-corrected chi connectivity index (χ4v) is 6.25. The van der Waals surface area contributed by atoms with Gasteiger partial charge in [0, 0.05) is 0 Å². The molecule has 43 heavy (non-hydrogen) atoms. The molecule has 3 unspecified atom stereocenters. The number of amides is 1. The third-order valence-electron chi connectivity index (χ3n) is 8.32. The Morgan fingerprint density at radius 3 is 1.40 bits per heavy atom. The number of aliphatic hydroxyl groups excluding tert-OH is 2. The third-order valence-corrected chi connectivity index (χ3v) is 9.10. The zero-order chi connectivity index (χ0) is 32.0. The minimum absolute atomic E-state index is 0.285. The van der Waals surface area contributed by atoms with Gasteiger partial charge < -0.3 is 15.5 Å². The van der Waals surface area contributed by atoms with Gasteiger partial charge in [0.15, 0.2) is 0 Å². The van der Waals surface area contributed by atoms with Crippen molar-refractivity contribution in [2.75, 3.05) is 5.75 Å². The fraction of sp³-hybridized carbons (Fsp3) is 0.914. The van der Waals surface area contributed by atoms with E-state index in [9.17, 15) is 28.0 Å². The summed E-state index contributed by atoms with van der Waals surface area (Å²) in [5, 5.41) is 23.3. The molecular weight excluding hydrogens is 562 g/mol. The highest BCUT2D eigenvalue weighted by atomic mass is 32.2. The molecule has 0 bridgehead atoms. The van der Waals surface area contributed by atoms with Gasteiger partial charge in [0.1, 0.15) is 6.10 Å². The highest BCUT2D eigenvalue weighted by Crippen LogP contribution is 2.15. The summed E-state index contributed by atoms with van der Waals surface area (Å²) >= 11 is 0. The zero-order valence-corrected chi connectivity index (χ0v) is 28.8. The van der Waals surface area contributed by atoms with Gasteiger partial charge in [-0.2, -0.15) is 8.42 Å². The van der Waals surface area contributed by atoms with Crippen molar-refractivity contribution in [3.8, 4) is 0 Å². The Bertz CT molecular complexity index is 757. The van der Waals surface area contributed by atoms with Crippen LogP contribution in [0.2, 0.25) is 0 Å². The molecule has 4 N–H and O–H groups in total. The van der Waals surface area contributed by atoms with Gasteiger partial charge in [-0.25, -0.2) is 0 Å². The monoisotopic (exact) mass is 631 g/mol. The average Bonchev–Trinajstić information content (AvgIpc) is 2.96. The number of carbonyl (C=O) groups excluding carboxylic acids is 1. The molecule has 8 heteroatoms. The van der Waals surface area contributed by atoms with Gasteiger partial charge in [-0.15, -0.1) is 0 Å². The predicted octanol–water partition coefficient (Wildman–Crippen LogP) is 8.82. The number of carbonyl (C=O) groups is 1. The van der Waals surface area contributed by atoms with Crippen LogP contribution in [0, 0.1) is 0 Å². The number of rotatable bonds is 32. The molecule has 0 saturated heterocycles. The van der Waals surface area contributed by atoms with E-state index in [0.29, 0.717) is 6.42 Å². The van der Waals surface area contributed by atoms with Crippen molar-refractivity contribution in [1.82, 2.24) is 5.32 Å². The summed E-state index contributed by atoms with van der Waals surface area (Å²) in [5.41, 5.74) is 0. The second kappa shape index (κ2) is 29.7. The Morgan fingerprint density at radius 1 is 0.628 bits per heavy atom. The predicted molar refractivity (Wildman–Crippen MR) is 181 cm³/mol. The normalized spacial score (nSPS) is 14.3. The summed E-state index contributed by atoms with van der Waals surface area (Å²) in [6, 6.07) is -1.22. The molecular formula is C35H69NO6S. The molecule has 0 aliphatic carbocycles. The Kier molecular flexibility index (Phi) is 29.1. The zero-order valence-electron chi connectivity index (χ0n) is 28.0. The Morgan fingerprint density at radius 2 is 1.00 bits per heavy atom. The van der Waals surface area contributed by atoms with Gasteiger partial charge >= 0.3 is 0 Å². The smallest absolute Gasteiger partial charge is 0.267 e. The quantitative estimate of drug-likeness (QED) is 0.0334. The number of aliphatic hydroxyl groups is 2. The second-order valence-corrected chi connectivity index (χ2v) is 14.2. The van der Waals surface area contributed by atoms with E-state index < -0.39 is 40.0 Å². The van der Waals surface area contributed by atoms with Crippen LogP contribution in [0.3, 0.4) is 0 Å². The van der Waals surface area contributed by atoms with Crippen molar-refractivity contribution in [2.45, 2.75) is 199 Å². The summed E-state index contributed by atoms with van der Waals surface area (Å²) in [7, 11) is -4.43. The maximum absolute atomic E-state index is 12.5. The lowest BCUT2D eigenvalue weighted by Crippen LogP contribution is -2.50. The molecule has 0 aliphatic rings. The fourth-order valence-electron chi connectivity index (χ4n) is 5.51. The summed E-state index contributed by atoms with van der Waals surface area (Å²) in [5.74, 6) is -1.53. The summed E-state index contributed by atoms with van der Waals surface area (Å²) in [6.45, 7) is 4.47. The summed E-state index contributed by atoms with van der Waals surface area (Å²) in [6.07, 6.45) is 31.2. The van der Waals surface area contributed by atoms with Crippen LogP contribution in [0.4, 0.5) is 0 Å². The van der Waals surface area contributed by atoms with Crippen LogP contribution in [0.15, 0.2) is 12.2 Å². The molecule has 0 heterocycles. The van der Waals surface area contributed by atoms with Crippen LogP contribution in [0.5, 0.6) is 0 Å². The van der Waals surface area contributed by atoms with Crippen LogP contribution in [0.25, 0.3) is 0 Å². The molecule has 0 fully saturated rings. The third kappa shape index (κ3) is 29.5. The van der Waals surface area contributed by atoms with E-state index in [1.165, 1.54) is 122 Å². The summed E-state index contributed by atoms with van der Waals surface area (Å²) < 4.78 is 32.3. The van der Waals surface area contributed by atoms with Crippen molar-refractivity contribution >= 4 is 16.0 Å². The van der Waals surface area contributed by atoms with Gasteiger partial charge in [0.2, 0.25) is 5.91 Å². The second-order valence-electron chi connectivity index (χ2n) is 12.7. The topological polar surface area (TPSA) is 124 Å². The molecule has 0 aromatic carbocycles. The first-order chi connectivity index (χ1) is 20.7. The molecule has 1 amide bonds. The van der Waals surface area contributed by atoms with Crippen molar-refractivity contribution in [2.24, 2.45) is 0 Å². The largest absolute Gasteiger partial charge is 0.387 e. The minimum Gasteiger partial charge on any atom is -0.387 e. The van der Waals surface area contributed by atoms with E-state index in [2.05, 4.69) is 19.2 Å². The average molecular weight is 632 g/mol. The van der Waals surface area contributed by atoms with Crippen molar-refractivity contribution in [1.29, 1.82) is 0 Å². The highest BCUT2D eigenvalue weighted by molar-refractivity contribution is 7.85. The Hall–Kier alpha value is -0.960. The van der Waals surface area contributed by atoms with Gasteiger partial charge in [-0.1, -0.05) is 174 Å². The van der Waals surface area contributed by atoms with Crippen LogP contribution >= 0.6 is 0 Å². The minimum atomic E-state index is -4.43. The molecule has 0 aliphatic heterocycles. The van der Waals surface area contributed by atoms with E-state index in [4.69, 9.17) is 0 Å². The van der Waals surface area contributed by atoms with Crippen molar-refractivity contribution in [3.63, 3.8) is 0 Å². The van der Waals surface area contributed by atoms with E-state index in [0.717, 1.165) is 38.5 Å². The lowest BCUT2D eigenvalue weighted by atomic mass is 10.0. The Balaban J connectivity index is 4.11. The molecule has 0 radical (unpaired) electrons. The number of nitrogens with one attached hydrogen (secondary N) is 1. The number of hydrogen-bond acceptors (Lipinski definition) is 5. The van der Waals surface area contributed by atoms with Gasteiger partial charge in [0.25, 0.3) is 10.1 Å². The number of allylic oxidation sites excluding steroid dienone is 1. The van der Waals surface area contributed by atoms with Crippen LogP contribution in [-0.4, -0.2) is 53.1 Å². The van der Waals surface area contributed by atoms with E-state index in [1.54, 1.807) is 6.08 Å². The first kappa shape index (κ1) is 42.0. The molecule has 0 saturated carbocycles. The number of unbranched alkanes of at least 4 members (excludes halogenated alkanes) is 23. The van der Waals surface area contributed by atoms with E-state index >= 15 is 0 Å². The summed E-state index contributed by atoms with van der Waals surface area (Å²) in [4.78, 5) is 12.5. The first-order valence-electron chi connectivity index (χ1n) is 18.0. The Labute approximate surface area is 265 Å². The van der Waals surface area contributed by atoms with Crippen LogP contribution in [0.1, 0.15) is 181 Å². The maximum atomic E-state index is 12.5. The molecule has 3 atom stereocenters. The standard InChI is InChI=1S/C35H69NO6S/c1-3-5-7-9-11-13-15-17-18-20-22-24-26-28-30-34(38)35(39)36-32(31-43(40,41)42)33(37)29-27-25-23-21-19-16-14-12-10-8-6-4-2/h27,29,32-34,37-38H,3-26,28,30-31H2,1-2H3,(H,36,39)(H,40,41,42)/b29-27+. The van der Waals surface area contributed by atoms with Gasteiger partial charge in [0.05, 0.1) is 17.9 Å². The molecule has 7 nitrogen and oxygen atoms in total.